The van der Waals surface area contributed by atoms with Crippen LogP contribution in [0, 0.1) is 0 Å². The maximum Gasteiger partial charge on any atom is 0.252 e. The summed E-state index contributed by atoms with van der Waals surface area (Å²) in [6, 6.07) is 10.5. The normalized spacial score (nSPS) is 10.9. The summed E-state index contributed by atoms with van der Waals surface area (Å²) in [6.45, 7) is 0. The van der Waals surface area contributed by atoms with Crippen LogP contribution in [-0.4, -0.2) is 10.2 Å². The number of carbonyl (C=O) groups is 1. The number of nitrogens with zero attached hydrogens (tertiary/aromatic N) is 1. The molecular formula is C14H6Cl3NOS. The van der Waals surface area contributed by atoms with Crippen LogP contribution in [0.3, 0.4) is 0 Å². The van der Waals surface area contributed by atoms with Crippen LogP contribution in [0.1, 0.15) is 10.4 Å². The van der Waals surface area contributed by atoms with Crippen LogP contribution < -0.4 is 0 Å². The fourth-order valence-electron chi connectivity index (χ4n) is 1.79. The van der Waals surface area contributed by atoms with Gasteiger partial charge in [-0.25, -0.2) is 4.98 Å². The molecule has 2 aromatic carbocycles. The highest BCUT2D eigenvalue weighted by molar-refractivity contribution is 7.21. The van der Waals surface area contributed by atoms with Crippen molar-refractivity contribution in [2.24, 2.45) is 0 Å². The van der Waals surface area contributed by atoms with Gasteiger partial charge in [-0.2, -0.15) is 0 Å². The van der Waals surface area contributed by atoms with Crippen LogP contribution >= 0.6 is 46.1 Å². The third-order valence-corrected chi connectivity index (χ3v) is 4.80. The summed E-state index contributed by atoms with van der Waals surface area (Å²) in [4.78, 5) is 15.5. The summed E-state index contributed by atoms with van der Waals surface area (Å²) >= 11 is 18.9. The minimum Gasteiger partial charge on any atom is -0.276 e. The van der Waals surface area contributed by atoms with Gasteiger partial charge in [0.25, 0.3) is 5.24 Å². The average Bonchev–Trinajstić information content (AvgIpc) is 2.82. The highest BCUT2D eigenvalue weighted by atomic mass is 35.5. The first-order valence-corrected chi connectivity index (χ1v) is 7.55. The molecule has 1 aromatic heterocycles. The molecule has 20 heavy (non-hydrogen) atoms. The van der Waals surface area contributed by atoms with E-state index in [2.05, 4.69) is 4.98 Å². The fraction of sp³-hybridized carbons (Fsp3) is 0. The molecule has 0 aliphatic rings. The quantitative estimate of drug-likeness (QED) is 0.563. The smallest absolute Gasteiger partial charge is 0.252 e. The SMILES string of the molecule is O=C(Cl)c1ccc(-c2nc3cc(Cl)c(Cl)cc3s2)cc1. The Morgan fingerprint density at radius 1 is 1.05 bits per heavy atom. The van der Waals surface area contributed by atoms with Crippen molar-refractivity contribution in [2.75, 3.05) is 0 Å². The van der Waals surface area contributed by atoms with E-state index in [9.17, 15) is 4.79 Å². The number of thiazole rings is 1. The van der Waals surface area contributed by atoms with Gasteiger partial charge in [0.1, 0.15) is 5.01 Å². The lowest BCUT2D eigenvalue weighted by molar-refractivity contribution is 0.108. The van der Waals surface area contributed by atoms with Gasteiger partial charge in [-0.15, -0.1) is 11.3 Å². The Balaban J connectivity index is 2.07. The Bertz CT molecular complexity index is 772. The maximum absolute atomic E-state index is 11.0. The zero-order chi connectivity index (χ0) is 14.3. The van der Waals surface area contributed by atoms with Crippen LogP contribution in [0.25, 0.3) is 20.8 Å². The molecule has 0 bridgehead atoms. The number of benzene rings is 2. The van der Waals surface area contributed by atoms with Crippen LogP contribution in [0.2, 0.25) is 10.0 Å². The molecular weight excluding hydrogens is 337 g/mol. The zero-order valence-corrected chi connectivity index (χ0v) is 12.9. The molecule has 0 fully saturated rings. The number of rotatable bonds is 2. The van der Waals surface area contributed by atoms with Gasteiger partial charge in [-0.05, 0) is 35.9 Å². The first kappa shape index (κ1) is 13.8. The van der Waals surface area contributed by atoms with Gasteiger partial charge in [0, 0.05) is 11.1 Å². The molecule has 100 valence electrons. The third kappa shape index (κ3) is 2.54. The van der Waals surface area contributed by atoms with Crippen molar-refractivity contribution in [2.45, 2.75) is 0 Å². The second-order valence-electron chi connectivity index (χ2n) is 4.10. The molecule has 0 saturated heterocycles. The topological polar surface area (TPSA) is 30.0 Å². The van der Waals surface area contributed by atoms with E-state index in [0.717, 1.165) is 20.8 Å². The Morgan fingerprint density at radius 3 is 2.35 bits per heavy atom. The Kier molecular flexibility index (Phi) is 3.69. The van der Waals surface area contributed by atoms with Crippen molar-refractivity contribution in [3.05, 3.63) is 52.0 Å². The van der Waals surface area contributed by atoms with Crippen molar-refractivity contribution in [3.63, 3.8) is 0 Å². The molecule has 1 heterocycles. The summed E-state index contributed by atoms with van der Waals surface area (Å²) in [5.74, 6) is 0. The Morgan fingerprint density at radius 2 is 1.70 bits per heavy atom. The van der Waals surface area contributed by atoms with E-state index in [4.69, 9.17) is 34.8 Å². The van der Waals surface area contributed by atoms with E-state index in [1.54, 1.807) is 24.3 Å². The molecule has 0 aliphatic carbocycles. The van der Waals surface area contributed by atoms with Gasteiger partial charge < -0.3 is 0 Å². The van der Waals surface area contributed by atoms with E-state index < -0.39 is 5.24 Å². The molecule has 3 aromatic rings. The minimum absolute atomic E-state index is 0.461. The van der Waals surface area contributed by atoms with Gasteiger partial charge in [0.2, 0.25) is 0 Å². The van der Waals surface area contributed by atoms with Crippen LogP contribution in [0.5, 0.6) is 0 Å². The van der Waals surface area contributed by atoms with Gasteiger partial charge in [-0.1, -0.05) is 35.3 Å². The first-order valence-electron chi connectivity index (χ1n) is 5.60. The molecule has 0 aliphatic heterocycles. The predicted octanol–water partition coefficient (Wildman–Crippen LogP) is 5.65. The third-order valence-electron chi connectivity index (χ3n) is 2.79. The monoisotopic (exact) mass is 341 g/mol. The molecule has 0 radical (unpaired) electrons. The minimum atomic E-state index is -0.473. The van der Waals surface area contributed by atoms with Crippen molar-refractivity contribution in [3.8, 4) is 10.6 Å². The van der Waals surface area contributed by atoms with Crippen molar-refractivity contribution >= 4 is 61.6 Å². The molecule has 0 spiro atoms. The Labute approximate surface area is 133 Å². The van der Waals surface area contributed by atoms with Crippen molar-refractivity contribution in [1.29, 1.82) is 0 Å². The lowest BCUT2D eigenvalue weighted by Crippen LogP contribution is -1.87. The van der Waals surface area contributed by atoms with Gasteiger partial charge in [-0.3, -0.25) is 4.79 Å². The first-order chi connectivity index (χ1) is 9.54. The lowest BCUT2D eigenvalue weighted by atomic mass is 10.1. The second kappa shape index (κ2) is 5.34. The second-order valence-corrected chi connectivity index (χ2v) is 6.29. The molecule has 2 nitrogen and oxygen atoms in total. The predicted molar refractivity (Wildman–Crippen MR) is 85.3 cm³/mol. The van der Waals surface area contributed by atoms with E-state index in [1.165, 1.54) is 11.3 Å². The average molecular weight is 343 g/mol. The fourth-order valence-corrected chi connectivity index (χ4v) is 3.30. The van der Waals surface area contributed by atoms with Gasteiger partial charge in [0.05, 0.1) is 20.3 Å². The van der Waals surface area contributed by atoms with E-state index in [0.29, 0.717) is 15.6 Å². The Hall–Kier alpha value is -1.13. The van der Waals surface area contributed by atoms with Crippen molar-refractivity contribution in [1.82, 2.24) is 4.98 Å². The number of halogens is 3. The summed E-state index contributed by atoms with van der Waals surface area (Å²) in [6.07, 6.45) is 0. The standard InChI is InChI=1S/C14H6Cl3NOS/c15-9-5-11-12(6-10(9)16)20-14(18-11)8-3-1-7(2-4-8)13(17)19/h1-6H. The van der Waals surface area contributed by atoms with Crippen LogP contribution in [0.15, 0.2) is 36.4 Å². The summed E-state index contributed by atoms with van der Waals surface area (Å²) in [7, 11) is 0. The zero-order valence-electron chi connectivity index (χ0n) is 9.86. The largest absolute Gasteiger partial charge is 0.276 e. The highest BCUT2D eigenvalue weighted by Gasteiger charge is 2.10. The van der Waals surface area contributed by atoms with Crippen LogP contribution in [-0.2, 0) is 0 Å². The van der Waals surface area contributed by atoms with Crippen molar-refractivity contribution < 1.29 is 4.79 Å². The molecule has 0 unspecified atom stereocenters. The maximum atomic E-state index is 11.0. The molecule has 0 atom stereocenters. The van der Waals surface area contributed by atoms with E-state index in [1.807, 2.05) is 12.1 Å². The molecule has 0 amide bonds. The molecule has 6 heteroatoms. The highest BCUT2D eigenvalue weighted by Crippen LogP contribution is 2.35. The van der Waals surface area contributed by atoms with Gasteiger partial charge in [0.15, 0.2) is 0 Å². The van der Waals surface area contributed by atoms with E-state index >= 15 is 0 Å². The molecule has 0 saturated carbocycles. The summed E-state index contributed by atoms with van der Waals surface area (Å²) in [5, 5.41) is 1.36. The summed E-state index contributed by atoms with van der Waals surface area (Å²) < 4.78 is 0.965. The van der Waals surface area contributed by atoms with Crippen LogP contribution in [0.4, 0.5) is 0 Å². The van der Waals surface area contributed by atoms with Gasteiger partial charge >= 0.3 is 0 Å². The number of hydrogen-bond donors (Lipinski definition) is 0. The van der Waals surface area contributed by atoms with E-state index in [-0.39, 0.29) is 0 Å². The molecule has 0 N–H and O–H groups in total. The number of fused-ring (bicyclic) bond motifs is 1. The number of aromatic nitrogens is 1. The lowest BCUT2D eigenvalue weighted by Gasteiger charge is -1.97. The summed E-state index contributed by atoms with van der Waals surface area (Å²) in [5.41, 5.74) is 2.18. The number of carbonyl (C=O) groups excluding carboxylic acids is 1. The number of hydrogen-bond acceptors (Lipinski definition) is 3. The molecule has 3 rings (SSSR count).